The smallest absolute Gasteiger partial charge is 0.330 e. The van der Waals surface area contributed by atoms with Gasteiger partial charge in [0.15, 0.2) is 0 Å². The van der Waals surface area contributed by atoms with Crippen LogP contribution in [0, 0.1) is 0 Å². The van der Waals surface area contributed by atoms with Crippen molar-refractivity contribution >= 4 is 52.6 Å². The highest BCUT2D eigenvalue weighted by Crippen LogP contribution is 2.47. The van der Waals surface area contributed by atoms with Gasteiger partial charge < -0.3 is 24.8 Å². The molecule has 4 rings (SSSR count). The number of methoxy groups -OCH3 is 2. The van der Waals surface area contributed by atoms with E-state index in [0.717, 1.165) is 0 Å². The van der Waals surface area contributed by atoms with Crippen molar-refractivity contribution < 1.29 is 24.2 Å². The molecule has 3 amide bonds. The number of halogens is 2. The van der Waals surface area contributed by atoms with E-state index in [-0.39, 0.29) is 46.9 Å². The van der Waals surface area contributed by atoms with Gasteiger partial charge in [-0.2, -0.15) is 4.98 Å². The number of fused-ring (bicyclic) bond motifs is 1. The lowest BCUT2D eigenvalue weighted by molar-refractivity contribution is -0.127. The number of rotatable bonds is 7. The molecule has 2 aliphatic heterocycles. The summed E-state index contributed by atoms with van der Waals surface area (Å²) in [5.41, 5.74) is 0.923. The van der Waals surface area contributed by atoms with Crippen LogP contribution in [0.3, 0.4) is 0 Å². The number of ether oxygens (including phenoxy) is 2. The van der Waals surface area contributed by atoms with Crippen LogP contribution >= 0.6 is 23.2 Å². The summed E-state index contributed by atoms with van der Waals surface area (Å²) in [7, 11) is 4.50. The minimum Gasteiger partial charge on any atom is -0.495 e. The molecule has 2 aromatic rings. The fourth-order valence-corrected chi connectivity index (χ4v) is 5.13. The zero-order valence-electron chi connectivity index (χ0n) is 20.0. The fourth-order valence-electron chi connectivity index (χ4n) is 4.43. The van der Waals surface area contributed by atoms with Crippen molar-refractivity contribution in [3.05, 3.63) is 40.5 Å². The molecular weight excluding hydrogens is 511 g/mol. The lowest BCUT2D eigenvalue weighted by Gasteiger charge is -2.35. The van der Waals surface area contributed by atoms with Gasteiger partial charge in [-0.1, -0.05) is 29.8 Å². The van der Waals surface area contributed by atoms with Gasteiger partial charge in [-0.05, 0) is 12.5 Å². The molecule has 0 aliphatic carbocycles. The number of likely N-dealkylation sites (tertiary alicyclic amines) is 1. The van der Waals surface area contributed by atoms with Crippen LogP contribution in [0.25, 0.3) is 0 Å². The van der Waals surface area contributed by atoms with Crippen LogP contribution in [0.15, 0.2) is 24.9 Å². The van der Waals surface area contributed by atoms with Gasteiger partial charge in [0, 0.05) is 37.5 Å². The minimum atomic E-state index is -0.407. The Hall–Kier alpha value is -3.28. The molecule has 0 bridgehead atoms. The summed E-state index contributed by atoms with van der Waals surface area (Å²) in [5.74, 6) is 1.10. The Kier molecular flexibility index (Phi) is 7.43. The van der Waals surface area contributed by atoms with Crippen LogP contribution in [0.5, 0.6) is 11.5 Å². The number of amides is 3. The summed E-state index contributed by atoms with van der Waals surface area (Å²) >= 11 is 13.1. The van der Waals surface area contributed by atoms with Gasteiger partial charge >= 0.3 is 6.03 Å². The number of anilines is 3. The SMILES string of the molecule is C=CC(=O)N1C[C@@H](Nc2ncc3c(n2)N(C)C(=O)N(c2c(Cl)c(OC)cc(OC)c2Cl)C3)C[C@H]1CO. The van der Waals surface area contributed by atoms with E-state index in [9.17, 15) is 14.7 Å². The average molecular weight is 537 g/mol. The molecule has 11 nitrogen and oxygen atoms in total. The summed E-state index contributed by atoms with van der Waals surface area (Å²) < 4.78 is 10.7. The quantitative estimate of drug-likeness (QED) is 0.518. The zero-order valence-corrected chi connectivity index (χ0v) is 21.5. The first-order chi connectivity index (χ1) is 17.2. The third-order valence-corrected chi connectivity index (χ3v) is 6.97. The maximum atomic E-state index is 13.4. The molecule has 1 saturated heterocycles. The molecule has 36 heavy (non-hydrogen) atoms. The number of aliphatic hydroxyl groups excluding tert-OH is 1. The zero-order chi connectivity index (χ0) is 26.1. The van der Waals surface area contributed by atoms with Crippen LogP contribution in [0.4, 0.5) is 22.2 Å². The van der Waals surface area contributed by atoms with Crippen LogP contribution in [0.2, 0.25) is 10.0 Å². The molecule has 2 N–H and O–H groups in total. The van der Waals surface area contributed by atoms with Gasteiger partial charge in [0.05, 0.1) is 39.1 Å². The first-order valence-electron chi connectivity index (χ1n) is 11.1. The molecular formula is C23H26Cl2N6O5. The number of carbonyl (C=O) groups excluding carboxylic acids is 2. The highest BCUT2D eigenvalue weighted by Gasteiger charge is 2.36. The fraction of sp³-hybridized carbons (Fsp3) is 0.391. The van der Waals surface area contributed by atoms with Crippen LogP contribution in [0.1, 0.15) is 12.0 Å². The first-order valence-corrected chi connectivity index (χ1v) is 11.8. The predicted molar refractivity (Wildman–Crippen MR) is 136 cm³/mol. The van der Waals surface area contributed by atoms with Gasteiger partial charge in [0.1, 0.15) is 27.4 Å². The molecule has 3 heterocycles. The Bertz CT molecular complexity index is 1180. The van der Waals surface area contributed by atoms with E-state index in [1.807, 2.05) is 0 Å². The Morgan fingerprint density at radius 2 is 1.97 bits per heavy atom. The summed E-state index contributed by atoms with van der Waals surface area (Å²) in [6.07, 6.45) is 3.36. The molecule has 0 saturated carbocycles. The summed E-state index contributed by atoms with van der Waals surface area (Å²) in [5, 5.41) is 13.2. The molecule has 1 aromatic carbocycles. The van der Waals surface area contributed by atoms with Gasteiger partial charge in [0.2, 0.25) is 11.9 Å². The number of aromatic nitrogens is 2. The third-order valence-electron chi connectivity index (χ3n) is 6.24. The number of hydrogen-bond acceptors (Lipinski definition) is 8. The summed E-state index contributed by atoms with van der Waals surface area (Å²) in [6, 6.07) is 0.648. The summed E-state index contributed by atoms with van der Waals surface area (Å²) in [4.78, 5) is 38.8. The van der Waals surface area contributed by atoms with E-state index in [0.29, 0.717) is 41.8 Å². The normalized spacial score (nSPS) is 19.3. The maximum Gasteiger partial charge on any atom is 0.330 e. The molecule has 2 atom stereocenters. The highest BCUT2D eigenvalue weighted by atomic mass is 35.5. The monoisotopic (exact) mass is 536 g/mol. The Morgan fingerprint density at radius 1 is 1.31 bits per heavy atom. The maximum absolute atomic E-state index is 13.4. The van der Waals surface area contributed by atoms with Crippen molar-refractivity contribution in [1.29, 1.82) is 0 Å². The third kappa shape index (κ3) is 4.49. The Balaban J connectivity index is 1.61. The lowest BCUT2D eigenvalue weighted by atomic mass is 10.1. The molecule has 192 valence electrons. The van der Waals surface area contributed by atoms with Crippen molar-refractivity contribution in [2.75, 3.05) is 49.5 Å². The van der Waals surface area contributed by atoms with Crippen molar-refractivity contribution in [3.8, 4) is 11.5 Å². The topological polar surface area (TPSA) is 120 Å². The van der Waals surface area contributed by atoms with Crippen molar-refractivity contribution in [2.24, 2.45) is 0 Å². The van der Waals surface area contributed by atoms with E-state index < -0.39 is 6.03 Å². The van der Waals surface area contributed by atoms with Gasteiger partial charge in [-0.3, -0.25) is 14.6 Å². The van der Waals surface area contributed by atoms with Crippen LogP contribution in [-0.2, 0) is 11.3 Å². The molecule has 0 radical (unpaired) electrons. The Labute approximate surface area is 218 Å². The molecule has 13 heteroatoms. The van der Waals surface area contributed by atoms with Gasteiger partial charge in [-0.15, -0.1) is 0 Å². The molecule has 1 fully saturated rings. The number of aliphatic hydroxyl groups is 1. The second-order valence-corrected chi connectivity index (χ2v) is 9.09. The van der Waals surface area contributed by atoms with E-state index in [1.54, 1.807) is 24.2 Å². The number of nitrogens with zero attached hydrogens (tertiary/aromatic N) is 5. The van der Waals surface area contributed by atoms with E-state index in [1.165, 1.54) is 30.1 Å². The second kappa shape index (κ2) is 10.4. The van der Waals surface area contributed by atoms with Gasteiger partial charge in [-0.25, -0.2) is 9.78 Å². The van der Waals surface area contributed by atoms with Crippen LogP contribution in [-0.4, -0.2) is 78.4 Å². The molecule has 0 unspecified atom stereocenters. The van der Waals surface area contributed by atoms with E-state index >= 15 is 0 Å². The van der Waals surface area contributed by atoms with E-state index in [4.69, 9.17) is 32.7 Å². The molecule has 1 aromatic heterocycles. The first kappa shape index (κ1) is 25.8. The molecule has 0 spiro atoms. The minimum absolute atomic E-state index is 0.117. The number of nitrogens with one attached hydrogen (secondary N) is 1. The van der Waals surface area contributed by atoms with Crippen LogP contribution < -0.4 is 24.6 Å². The number of carbonyl (C=O) groups is 2. The van der Waals surface area contributed by atoms with Gasteiger partial charge in [0.25, 0.3) is 0 Å². The Morgan fingerprint density at radius 3 is 2.56 bits per heavy atom. The standard InChI is InChI=1S/C23H26Cl2N6O5/c1-5-17(33)30-10-13(6-14(30)11-32)27-22-26-8-12-9-31(23(34)29(2)21(12)28-22)20-18(24)15(35-3)7-16(36-4)19(20)25/h5,7-8,13-14,32H,1,6,9-11H2,2-4H3,(H,26,27,28)/t13-,14-/m0/s1. The van der Waals surface area contributed by atoms with Crippen molar-refractivity contribution in [1.82, 2.24) is 14.9 Å². The number of benzene rings is 1. The lowest BCUT2D eigenvalue weighted by Crippen LogP contribution is -2.46. The van der Waals surface area contributed by atoms with Crippen molar-refractivity contribution in [2.45, 2.75) is 25.0 Å². The van der Waals surface area contributed by atoms with E-state index in [2.05, 4.69) is 21.9 Å². The predicted octanol–water partition coefficient (Wildman–Crippen LogP) is 2.94. The van der Waals surface area contributed by atoms with Crippen molar-refractivity contribution in [3.63, 3.8) is 0 Å². The highest BCUT2D eigenvalue weighted by molar-refractivity contribution is 6.42. The average Bonchev–Trinajstić information content (AvgIpc) is 3.29. The summed E-state index contributed by atoms with van der Waals surface area (Å²) in [6.45, 7) is 3.84. The molecule has 2 aliphatic rings. The largest absolute Gasteiger partial charge is 0.495 e. The number of urea groups is 1. The number of hydrogen-bond donors (Lipinski definition) is 2. The second-order valence-electron chi connectivity index (χ2n) is 8.34.